The maximum atomic E-state index is 11.9. The van der Waals surface area contributed by atoms with E-state index in [0.717, 1.165) is 13.0 Å². The molecule has 0 spiro atoms. The number of aromatic nitrogens is 1. The highest BCUT2D eigenvalue weighted by Crippen LogP contribution is 2.25. The third kappa shape index (κ3) is 1.66. The van der Waals surface area contributed by atoms with Crippen molar-refractivity contribution in [1.82, 2.24) is 9.88 Å². The first-order chi connectivity index (χ1) is 7.11. The van der Waals surface area contributed by atoms with Gasteiger partial charge in [-0.3, -0.25) is 4.79 Å². The average molecular weight is 206 g/mol. The highest BCUT2D eigenvalue weighted by atomic mass is 16.2. The van der Waals surface area contributed by atoms with Crippen molar-refractivity contribution in [2.24, 2.45) is 5.92 Å². The number of hydrogen-bond donors (Lipinski definition) is 1. The maximum absolute atomic E-state index is 11.9. The van der Waals surface area contributed by atoms with Crippen LogP contribution in [0.25, 0.3) is 0 Å². The molecule has 1 aromatic rings. The van der Waals surface area contributed by atoms with Crippen LogP contribution in [0.5, 0.6) is 0 Å². The Bertz CT molecular complexity index is 379. The molecular weight excluding hydrogens is 188 g/mol. The molecule has 82 valence electrons. The highest BCUT2D eigenvalue weighted by Gasteiger charge is 2.28. The van der Waals surface area contributed by atoms with Crippen LogP contribution in [0.4, 0.5) is 0 Å². The predicted molar refractivity (Wildman–Crippen MR) is 59.8 cm³/mol. The van der Waals surface area contributed by atoms with Crippen LogP contribution in [0.2, 0.25) is 0 Å². The number of amides is 1. The number of nitrogens with one attached hydrogen (secondary N) is 1. The number of rotatable bonds is 1. The molecule has 0 aliphatic carbocycles. The second kappa shape index (κ2) is 3.72. The maximum Gasteiger partial charge on any atom is 0.243 e. The van der Waals surface area contributed by atoms with E-state index in [2.05, 4.69) is 42.8 Å². The van der Waals surface area contributed by atoms with Gasteiger partial charge in [0, 0.05) is 24.4 Å². The largest absolute Gasteiger partial charge is 0.354 e. The van der Waals surface area contributed by atoms with Crippen LogP contribution in [-0.4, -0.2) is 17.0 Å². The Hall–Kier alpha value is -1.25. The second-order valence-electron chi connectivity index (χ2n) is 4.57. The molecule has 0 saturated carbocycles. The highest BCUT2D eigenvalue weighted by molar-refractivity contribution is 5.81. The van der Waals surface area contributed by atoms with Crippen molar-refractivity contribution >= 4 is 5.91 Å². The molecule has 0 bridgehead atoms. The summed E-state index contributed by atoms with van der Waals surface area (Å²) < 4.78 is 2.19. The molecular formula is C12H18N2O. The SMILES string of the molecule is Cc1ccc2n1C(C(C)C)C(=O)NCC2. The zero-order valence-electron chi connectivity index (χ0n) is 9.58. The third-order valence-electron chi connectivity index (χ3n) is 3.06. The minimum absolute atomic E-state index is 0.0440. The Labute approximate surface area is 90.5 Å². The molecule has 1 aliphatic heterocycles. The lowest BCUT2D eigenvalue weighted by Gasteiger charge is -2.23. The number of carbonyl (C=O) groups is 1. The first kappa shape index (κ1) is 10.3. The standard InChI is InChI=1S/C12H18N2O/c1-8(2)11-12(15)13-7-6-10-5-4-9(3)14(10)11/h4-5,8,11H,6-7H2,1-3H3,(H,13,15). The summed E-state index contributed by atoms with van der Waals surface area (Å²) in [7, 11) is 0. The van der Waals surface area contributed by atoms with Crippen molar-refractivity contribution in [3.05, 3.63) is 23.5 Å². The van der Waals surface area contributed by atoms with Gasteiger partial charge in [-0.2, -0.15) is 0 Å². The molecule has 0 aromatic carbocycles. The fourth-order valence-electron chi connectivity index (χ4n) is 2.34. The zero-order valence-corrected chi connectivity index (χ0v) is 9.58. The second-order valence-corrected chi connectivity index (χ2v) is 4.57. The Morgan fingerprint density at radius 1 is 1.47 bits per heavy atom. The Balaban J connectivity index is 2.50. The van der Waals surface area contributed by atoms with Gasteiger partial charge in [0.25, 0.3) is 0 Å². The Kier molecular flexibility index (Phi) is 2.55. The summed E-state index contributed by atoms with van der Waals surface area (Å²) in [5.74, 6) is 0.482. The van der Waals surface area contributed by atoms with Crippen molar-refractivity contribution in [1.29, 1.82) is 0 Å². The zero-order chi connectivity index (χ0) is 11.0. The van der Waals surface area contributed by atoms with Crippen molar-refractivity contribution in [3.8, 4) is 0 Å². The molecule has 2 rings (SSSR count). The number of hydrogen-bond acceptors (Lipinski definition) is 1. The van der Waals surface area contributed by atoms with Gasteiger partial charge in [0.2, 0.25) is 5.91 Å². The first-order valence-corrected chi connectivity index (χ1v) is 5.55. The lowest BCUT2D eigenvalue weighted by Crippen LogP contribution is -2.33. The minimum Gasteiger partial charge on any atom is -0.354 e. The van der Waals surface area contributed by atoms with Crippen LogP contribution in [0, 0.1) is 12.8 Å². The normalized spacial score (nSPS) is 21.1. The van der Waals surface area contributed by atoms with E-state index >= 15 is 0 Å². The van der Waals surface area contributed by atoms with Gasteiger partial charge in [-0.05, 0) is 25.0 Å². The van der Waals surface area contributed by atoms with E-state index < -0.39 is 0 Å². The summed E-state index contributed by atoms with van der Waals surface area (Å²) >= 11 is 0. The molecule has 0 radical (unpaired) electrons. The number of carbonyl (C=O) groups excluding carboxylic acids is 1. The average Bonchev–Trinajstić information content (AvgIpc) is 2.44. The quantitative estimate of drug-likeness (QED) is 0.745. The molecule has 15 heavy (non-hydrogen) atoms. The van der Waals surface area contributed by atoms with Gasteiger partial charge in [-0.15, -0.1) is 0 Å². The van der Waals surface area contributed by atoms with E-state index in [4.69, 9.17) is 0 Å². The summed E-state index contributed by atoms with van der Waals surface area (Å²) in [4.78, 5) is 11.9. The summed E-state index contributed by atoms with van der Waals surface area (Å²) in [6.07, 6.45) is 0.933. The van der Waals surface area contributed by atoms with Crippen LogP contribution < -0.4 is 5.32 Å². The first-order valence-electron chi connectivity index (χ1n) is 5.55. The van der Waals surface area contributed by atoms with Crippen molar-refractivity contribution in [3.63, 3.8) is 0 Å². The summed E-state index contributed by atoms with van der Waals surface area (Å²) in [5.41, 5.74) is 2.45. The van der Waals surface area contributed by atoms with Gasteiger partial charge in [-0.25, -0.2) is 0 Å². The van der Waals surface area contributed by atoms with E-state index in [1.807, 2.05) is 0 Å². The fourth-order valence-corrected chi connectivity index (χ4v) is 2.34. The molecule has 1 aromatic heterocycles. The van der Waals surface area contributed by atoms with Crippen LogP contribution in [0.15, 0.2) is 12.1 Å². The van der Waals surface area contributed by atoms with Gasteiger partial charge < -0.3 is 9.88 Å². The molecule has 0 saturated heterocycles. The van der Waals surface area contributed by atoms with E-state index in [1.54, 1.807) is 0 Å². The van der Waals surface area contributed by atoms with Gasteiger partial charge >= 0.3 is 0 Å². The van der Waals surface area contributed by atoms with Crippen molar-refractivity contribution in [2.75, 3.05) is 6.54 Å². The number of nitrogens with zero attached hydrogens (tertiary/aromatic N) is 1. The van der Waals surface area contributed by atoms with Crippen LogP contribution in [0.1, 0.15) is 31.3 Å². The molecule has 1 amide bonds. The molecule has 1 aliphatic rings. The summed E-state index contributed by atoms with van der Waals surface area (Å²) in [5, 5.41) is 2.98. The smallest absolute Gasteiger partial charge is 0.243 e. The molecule has 1 atom stereocenters. The summed E-state index contributed by atoms with van der Waals surface area (Å²) in [6.45, 7) is 7.01. The number of aryl methyl sites for hydroxylation is 1. The molecule has 2 heterocycles. The van der Waals surface area contributed by atoms with Gasteiger partial charge in [0.15, 0.2) is 0 Å². The van der Waals surface area contributed by atoms with E-state index in [-0.39, 0.29) is 11.9 Å². The van der Waals surface area contributed by atoms with Crippen LogP contribution in [-0.2, 0) is 11.2 Å². The lowest BCUT2D eigenvalue weighted by molar-refractivity contribution is -0.125. The van der Waals surface area contributed by atoms with E-state index in [0.29, 0.717) is 5.92 Å². The molecule has 3 heteroatoms. The van der Waals surface area contributed by atoms with Gasteiger partial charge in [0.1, 0.15) is 6.04 Å². The predicted octanol–water partition coefficient (Wildman–Crippen LogP) is 1.67. The lowest BCUT2D eigenvalue weighted by atomic mass is 10.0. The number of fused-ring (bicyclic) bond motifs is 1. The van der Waals surface area contributed by atoms with Crippen molar-refractivity contribution < 1.29 is 4.79 Å². The third-order valence-corrected chi connectivity index (χ3v) is 3.06. The van der Waals surface area contributed by atoms with Gasteiger partial charge in [0.05, 0.1) is 0 Å². The molecule has 1 N–H and O–H groups in total. The summed E-state index contributed by atoms with van der Waals surface area (Å²) in [6, 6.07) is 4.19. The molecule has 0 fully saturated rings. The minimum atomic E-state index is -0.0440. The monoisotopic (exact) mass is 206 g/mol. The molecule has 1 unspecified atom stereocenters. The van der Waals surface area contributed by atoms with E-state index in [1.165, 1.54) is 11.4 Å². The topological polar surface area (TPSA) is 34.0 Å². The Morgan fingerprint density at radius 2 is 2.20 bits per heavy atom. The molecule has 3 nitrogen and oxygen atoms in total. The fraction of sp³-hybridized carbons (Fsp3) is 0.583. The van der Waals surface area contributed by atoms with Crippen LogP contribution in [0.3, 0.4) is 0 Å². The van der Waals surface area contributed by atoms with E-state index in [9.17, 15) is 4.79 Å². The van der Waals surface area contributed by atoms with Crippen LogP contribution >= 0.6 is 0 Å². The Morgan fingerprint density at radius 3 is 2.87 bits per heavy atom. The van der Waals surface area contributed by atoms with Gasteiger partial charge in [-0.1, -0.05) is 13.8 Å². The van der Waals surface area contributed by atoms with Crippen molar-refractivity contribution in [2.45, 2.75) is 33.2 Å².